The van der Waals surface area contributed by atoms with E-state index >= 15 is 0 Å². The Balaban J connectivity index is 1.42. The van der Waals surface area contributed by atoms with Crippen LogP contribution in [-0.2, 0) is 14.6 Å². The van der Waals surface area contributed by atoms with Crippen LogP contribution in [0.3, 0.4) is 0 Å². The molecule has 6 nitrogen and oxygen atoms in total. The summed E-state index contributed by atoms with van der Waals surface area (Å²) in [5.74, 6) is -0.106. The number of sulfone groups is 1. The summed E-state index contributed by atoms with van der Waals surface area (Å²) in [6.45, 7) is 0. The van der Waals surface area contributed by atoms with Gasteiger partial charge in [0.05, 0.1) is 23.5 Å². The number of carbonyl (C=O) groups is 1. The maximum atomic E-state index is 12.5. The fraction of sp³-hybridized carbons (Fsp3) is 0.130. The third kappa shape index (κ3) is 4.76. The molecule has 31 heavy (non-hydrogen) atoms. The van der Waals surface area contributed by atoms with Crippen LogP contribution in [0.2, 0.25) is 0 Å². The first-order valence-electron chi connectivity index (χ1n) is 9.56. The lowest BCUT2D eigenvalue weighted by Gasteiger charge is -2.06. The van der Waals surface area contributed by atoms with Crippen molar-refractivity contribution >= 4 is 43.0 Å². The monoisotopic (exact) mass is 452 g/mol. The predicted molar refractivity (Wildman–Crippen MR) is 123 cm³/mol. The van der Waals surface area contributed by atoms with Crippen LogP contribution in [-0.4, -0.2) is 32.2 Å². The maximum absolute atomic E-state index is 12.5. The molecule has 0 aliphatic carbocycles. The first-order valence-corrected chi connectivity index (χ1v) is 12.1. The van der Waals surface area contributed by atoms with Crippen molar-refractivity contribution in [3.05, 3.63) is 72.1 Å². The minimum absolute atomic E-state index is 0.155. The van der Waals surface area contributed by atoms with E-state index < -0.39 is 15.7 Å². The van der Waals surface area contributed by atoms with Crippen molar-refractivity contribution in [1.29, 1.82) is 0 Å². The van der Waals surface area contributed by atoms with E-state index in [4.69, 9.17) is 4.74 Å². The molecule has 1 amide bonds. The Morgan fingerprint density at radius 3 is 2.55 bits per heavy atom. The highest BCUT2D eigenvalue weighted by molar-refractivity contribution is 7.91. The number of aromatic nitrogens is 1. The molecular formula is C23H20N2O4S2. The van der Waals surface area contributed by atoms with Crippen LogP contribution in [0.1, 0.15) is 6.42 Å². The lowest BCUT2D eigenvalue weighted by molar-refractivity contribution is -0.115. The van der Waals surface area contributed by atoms with Gasteiger partial charge in [-0.3, -0.25) is 4.79 Å². The molecule has 1 heterocycles. The first kappa shape index (κ1) is 21.0. The molecule has 0 aliphatic heterocycles. The highest BCUT2D eigenvalue weighted by Crippen LogP contribution is 2.31. The highest BCUT2D eigenvalue weighted by Gasteiger charge is 2.17. The molecule has 0 saturated heterocycles. The fourth-order valence-electron chi connectivity index (χ4n) is 3.21. The Bertz CT molecular complexity index is 1320. The van der Waals surface area contributed by atoms with Gasteiger partial charge in [-0.1, -0.05) is 42.5 Å². The zero-order valence-corrected chi connectivity index (χ0v) is 18.4. The van der Waals surface area contributed by atoms with Gasteiger partial charge in [0.15, 0.2) is 15.0 Å². The average molecular weight is 453 g/mol. The third-order valence-electron chi connectivity index (χ3n) is 4.83. The normalized spacial score (nSPS) is 11.4. The highest BCUT2D eigenvalue weighted by atomic mass is 32.2. The molecule has 1 aromatic heterocycles. The van der Waals surface area contributed by atoms with Crippen LogP contribution < -0.4 is 10.1 Å². The van der Waals surface area contributed by atoms with E-state index in [9.17, 15) is 13.2 Å². The number of carbonyl (C=O) groups excluding carboxylic acids is 1. The number of thiazole rings is 1. The van der Waals surface area contributed by atoms with Crippen molar-refractivity contribution in [2.75, 3.05) is 18.2 Å². The number of nitrogens with zero attached hydrogens (tertiary/aromatic N) is 1. The van der Waals surface area contributed by atoms with Crippen LogP contribution in [0, 0.1) is 0 Å². The van der Waals surface area contributed by atoms with Crippen molar-refractivity contribution in [2.45, 2.75) is 11.3 Å². The summed E-state index contributed by atoms with van der Waals surface area (Å²) < 4.78 is 30.0. The lowest BCUT2D eigenvalue weighted by Crippen LogP contribution is -2.17. The average Bonchev–Trinajstić information content (AvgIpc) is 3.25. The Hall–Kier alpha value is -3.23. The van der Waals surface area contributed by atoms with Crippen molar-refractivity contribution < 1.29 is 17.9 Å². The molecule has 0 radical (unpaired) electrons. The Morgan fingerprint density at radius 1 is 1.03 bits per heavy atom. The number of ether oxygens (including phenoxy) is 1. The van der Waals surface area contributed by atoms with E-state index in [-0.39, 0.29) is 17.1 Å². The van der Waals surface area contributed by atoms with Gasteiger partial charge < -0.3 is 10.1 Å². The zero-order chi connectivity index (χ0) is 21.8. The van der Waals surface area contributed by atoms with E-state index in [2.05, 4.69) is 10.3 Å². The SMILES string of the molecule is COc1ccc(S(=O)(=O)CCC(=O)Nc2nc(-c3cccc4ccccc34)cs2)cc1. The molecule has 4 aromatic rings. The Morgan fingerprint density at radius 2 is 1.77 bits per heavy atom. The summed E-state index contributed by atoms with van der Waals surface area (Å²) in [4.78, 5) is 17.0. The van der Waals surface area contributed by atoms with Crippen LogP contribution in [0.4, 0.5) is 5.13 Å². The van der Waals surface area contributed by atoms with Gasteiger partial charge in [-0.25, -0.2) is 13.4 Å². The molecule has 1 N–H and O–H groups in total. The summed E-state index contributed by atoms with van der Waals surface area (Å²) in [7, 11) is -2.06. The van der Waals surface area contributed by atoms with Crippen LogP contribution in [0.5, 0.6) is 5.75 Å². The van der Waals surface area contributed by atoms with Gasteiger partial charge in [-0.2, -0.15) is 0 Å². The standard InChI is InChI=1S/C23H20N2O4S2/c1-29-17-9-11-18(12-10-17)31(27,28)14-13-22(26)25-23-24-21(15-30-23)20-8-4-6-16-5-2-3-7-19(16)20/h2-12,15H,13-14H2,1H3,(H,24,25,26). The molecule has 0 aliphatic rings. The van der Waals surface area contributed by atoms with Crippen LogP contribution in [0.15, 0.2) is 77.0 Å². The molecule has 3 aromatic carbocycles. The van der Waals surface area contributed by atoms with Gasteiger partial charge >= 0.3 is 0 Å². The van der Waals surface area contributed by atoms with Gasteiger partial charge in [0.25, 0.3) is 0 Å². The topological polar surface area (TPSA) is 85.4 Å². The van der Waals surface area contributed by atoms with Crippen molar-refractivity contribution in [1.82, 2.24) is 4.98 Å². The second-order valence-corrected chi connectivity index (χ2v) is 9.82. The summed E-state index contributed by atoms with van der Waals surface area (Å²) in [5.41, 5.74) is 1.75. The molecule has 0 saturated carbocycles. The predicted octanol–water partition coefficient (Wildman–Crippen LogP) is 4.77. The van der Waals surface area contributed by atoms with Gasteiger partial charge in [-0.05, 0) is 35.0 Å². The molecule has 0 fully saturated rings. The second kappa shape index (κ2) is 8.87. The molecular weight excluding hydrogens is 432 g/mol. The summed E-state index contributed by atoms with van der Waals surface area (Å²) >= 11 is 1.31. The number of rotatable bonds is 7. The Kier molecular flexibility index (Phi) is 6.01. The second-order valence-electron chi connectivity index (χ2n) is 6.86. The summed E-state index contributed by atoms with van der Waals surface area (Å²) in [5, 5.41) is 7.22. The number of amides is 1. The molecule has 0 atom stereocenters. The number of nitrogens with one attached hydrogen (secondary N) is 1. The fourth-order valence-corrected chi connectivity index (χ4v) is 5.18. The Labute approximate surface area is 184 Å². The third-order valence-corrected chi connectivity index (χ3v) is 7.32. The maximum Gasteiger partial charge on any atom is 0.227 e. The molecule has 4 rings (SSSR count). The largest absolute Gasteiger partial charge is 0.497 e. The number of methoxy groups -OCH3 is 1. The molecule has 0 unspecified atom stereocenters. The van der Waals surface area contributed by atoms with Crippen molar-refractivity contribution in [2.24, 2.45) is 0 Å². The molecule has 8 heteroatoms. The number of fused-ring (bicyclic) bond motifs is 1. The van der Waals surface area contributed by atoms with Crippen molar-refractivity contribution in [3.8, 4) is 17.0 Å². The minimum Gasteiger partial charge on any atom is -0.497 e. The smallest absolute Gasteiger partial charge is 0.227 e. The van der Waals surface area contributed by atoms with E-state index in [0.29, 0.717) is 10.9 Å². The van der Waals surface area contributed by atoms with Crippen LogP contribution in [0.25, 0.3) is 22.0 Å². The zero-order valence-electron chi connectivity index (χ0n) is 16.7. The number of hydrogen-bond acceptors (Lipinski definition) is 6. The molecule has 0 bridgehead atoms. The van der Waals surface area contributed by atoms with E-state index in [1.54, 1.807) is 12.1 Å². The van der Waals surface area contributed by atoms with Crippen molar-refractivity contribution in [3.63, 3.8) is 0 Å². The van der Waals surface area contributed by atoms with Gasteiger partial charge in [0.2, 0.25) is 5.91 Å². The van der Waals surface area contributed by atoms with Gasteiger partial charge in [-0.15, -0.1) is 11.3 Å². The lowest BCUT2D eigenvalue weighted by atomic mass is 10.0. The first-order chi connectivity index (χ1) is 15.0. The van der Waals surface area contributed by atoms with E-state index in [1.807, 2.05) is 47.8 Å². The summed E-state index contributed by atoms with van der Waals surface area (Å²) in [6, 6.07) is 20.1. The van der Waals surface area contributed by atoms with Crippen LogP contribution >= 0.6 is 11.3 Å². The van der Waals surface area contributed by atoms with E-state index in [0.717, 1.165) is 22.0 Å². The number of benzene rings is 3. The quantitative estimate of drug-likeness (QED) is 0.436. The molecule has 0 spiro atoms. The van der Waals surface area contributed by atoms with E-state index in [1.165, 1.54) is 30.6 Å². The minimum atomic E-state index is -3.57. The summed E-state index contributed by atoms with van der Waals surface area (Å²) in [6.07, 6.45) is -0.155. The van der Waals surface area contributed by atoms with Gasteiger partial charge in [0.1, 0.15) is 5.75 Å². The number of hydrogen-bond donors (Lipinski definition) is 1. The number of anilines is 1. The van der Waals surface area contributed by atoms with Gasteiger partial charge in [0, 0.05) is 17.4 Å². The molecule has 158 valence electrons.